The van der Waals surface area contributed by atoms with Crippen molar-refractivity contribution in [2.75, 3.05) is 79.2 Å². The number of piperidine rings is 1. The number of nitrogens with zero attached hydrogens (tertiary/aromatic N) is 7. The van der Waals surface area contributed by atoms with Crippen LogP contribution in [0.2, 0.25) is 0 Å². The van der Waals surface area contributed by atoms with Crippen molar-refractivity contribution in [3.8, 4) is 11.1 Å². The van der Waals surface area contributed by atoms with Crippen molar-refractivity contribution in [3.05, 3.63) is 126 Å². The van der Waals surface area contributed by atoms with Gasteiger partial charge in [0.05, 0.1) is 22.9 Å². The number of hydrogen-bond acceptors (Lipinski definition) is 12. The lowest BCUT2D eigenvalue weighted by molar-refractivity contribution is 0.0958. The van der Waals surface area contributed by atoms with E-state index in [4.69, 9.17) is 9.97 Å². The molecule has 3 aliphatic heterocycles. The first kappa shape index (κ1) is 44.5. The molecular weight excluding hydrogens is 810 g/mol. The molecule has 328 valence electrons. The predicted molar refractivity (Wildman–Crippen MR) is 246 cm³/mol. The highest BCUT2D eigenvalue weighted by molar-refractivity contribution is 7.98. The molecule has 0 saturated carbocycles. The summed E-state index contributed by atoms with van der Waals surface area (Å²) in [6, 6.07) is 9.86. The van der Waals surface area contributed by atoms with Crippen LogP contribution < -0.4 is 25.2 Å². The lowest BCUT2D eigenvalue weighted by Gasteiger charge is -2.39. The average molecular weight is 867 g/mol. The van der Waals surface area contributed by atoms with Gasteiger partial charge in [-0.25, -0.2) is 32.4 Å². The Balaban J connectivity index is 0.905. The molecule has 2 atom stereocenters. The fraction of sp³-hybridized carbons (Fsp3) is 0.404. The van der Waals surface area contributed by atoms with E-state index in [0.29, 0.717) is 46.6 Å². The number of carbonyl (C=O) groups is 1. The Morgan fingerprint density at radius 2 is 1.68 bits per heavy atom. The topological polar surface area (TPSA) is 105 Å². The quantitative estimate of drug-likeness (QED) is 0.0656. The minimum absolute atomic E-state index is 0.0284. The molecule has 2 unspecified atom stereocenters. The second-order valence-electron chi connectivity index (χ2n) is 16.3. The highest BCUT2D eigenvalue weighted by Gasteiger charge is 2.35. The summed E-state index contributed by atoms with van der Waals surface area (Å²) < 4.78 is 50.8. The smallest absolute Gasteiger partial charge is 0.225 e. The van der Waals surface area contributed by atoms with Crippen molar-refractivity contribution in [1.82, 2.24) is 29.5 Å². The normalized spacial score (nSPS) is 17.1. The van der Waals surface area contributed by atoms with E-state index in [1.165, 1.54) is 6.07 Å². The number of nitrogens with one attached hydrogen (secondary N) is 3. The second-order valence-corrected chi connectivity index (χ2v) is 17.3. The van der Waals surface area contributed by atoms with Crippen LogP contribution in [-0.2, 0) is 0 Å². The highest BCUT2D eigenvalue weighted by atomic mass is 32.2. The number of Topliss-reactive ketones (excluding diaryl/α,β-unsaturated/α-hetero) is 1. The van der Waals surface area contributed by atoms with Gasteiger partial charge in [-0.05, 0) is 80.7 Å². The Kier molecular flexibility index (Phi) is 14.4. The van der Waals surface area contributed by atoms with Crippen LogP contribution in [0, 0.1) is 23.4 Å². The number of ketones is 1. The first-order valence-corrected chi connectivity index (χ1v) is 22.3. The monoisotopic (exact) mass is 866 g/mol. The zero-order valence-corrected chi connectivity index (χ0v) is 36.7. The van der Waals surface area contributed by atoms with Crippen LogP contribution in [0.15, 0.2) is 92.3 Å². The molecule has 3 aliphatic rings. The number of fused-ring (bicyclic) bond motifs is 1. The Hall–Kier alpha value is -5.54. The summed E-state index contributed by atoms with van der Waals surface area (Å²) in [5, 5.41) is 6.22. The number of pyridine rings is 1. The number of benzene rings is 2. The van der Waals surface area contributed by atoms with Gasteiger partial charge in [0, 0.05) is 117 Å². The van der Waals surface area contributed by atoms with Gasteiger partial charge in [-0.15, -0.1) is 0 Å². The average Bonchev–Trinajstić information content (AvgIpc) is 3.72. The van der Waals surface area contributed by atoms with E-state index in [1.54, 1.807) is 30.9 Å². The Morgan fingerprint density at radius 3 is 2.35 bits per heavy atom. The molecule has 4 aromatic rings. The minimum Gasteiger partial charge on any atom is -0.372 e. The van der Waals surface area contributed by atoms with Crippen LogP contribution in [-0.4, -0.2) is 89.3 Å². The van der Waals surface area contributed by atoms with Crippen molar-refractivity contribution >= 4 is 41.1 Å². The fourth-order valence-electron chi connectivity index (χ4n) is 8.57. The van der Waals surface area contributed by atoms with Crippen molar-refractivity contribution in [3.63, 3.8) is 0 Å². The number of carbonyl (C=O) groups excluding carboxylic acids is 1. The highest BCUT2D eigenvalue weighted by Crippen LogP contribution is 2.38. The second kappa shape index (κ2) is 20.1. The zero-order valence-electron chi connectivity index (χ0n) is 35.9. The van der Waals surface area contributed by atoms with Crippen molar-refractivity contribution in [2.45, 2.75) is 57.8 Å². The molecule has 0 amide bonds. The number of halogens is 3. The van der Waals surface area contributed by atoms with Crippen LogP contribution in [0.4, 0.5) is 36.3 Å². The van der Waals surface area contributed by atoms with Crippen LogP contribution in [0.1, 0.15) is 79.3 Å². The van der Waals surface area contributed by atoms with E-state index < -0.39 is 28.9 Å². The van der Waals surface area contributed by atoms with Crippen LogP contribution in [0.25, 0.3) is 11.1 Å². The number of allylic oxidation sites excluding steroid dienone is 2. The molecule has 3 N–H and O–H groups in total. The van der Waals surface area contributed by atoms with E-state index in [0.717, 1.165) is 107 Å². The van der Waals surface area contributed by atoms with Gasteiger partial charge in [0.1, 0.15) is 17.5 Å². The SMILES string of the molecule is C=CNC(=C)C(CCC)c1ccc(N2CCC(CC(=C)N3CCN(c4ncc(-c5cnc6c(c5)C(C(=O)c5c(F)ccc(NSN(C)CC)c5F)CN6)cn4)CC3)CC2)c(F)c1. The van der Waals surface area contributed by atoms with Gasteiger partial charge in [-0.3, -0.25) is 4.79 Å². The van der Waals surface area contributed by atoms with Crippen molar-refractivity contribution in [2.24, 2.45) is 5.92 Å². The molecule has 62 heavy (non-hydrogen) atoms. The summed E-state index contributed by atoms with van der Waals surface area (Å²) in [5.41, 5.74) is 4.99. The van der Waals surface area contributed by atoms with Crippen molar-refractivity contribution in [1.29, 1.82) is 0 Å². The molecule has 7 rings (SSSR count). The zero-order chi connectivity index (χ0) is 43.9. The Bertz CT molecular complexity index is 2260. The molecule has 2 fully saturated rings. The van der Waals surface area contributed by atoms with Crippen molar-refractivity contribution < 1.29 is 18.0 Å². The first-order valence-electron chi connectivity index (χ1n) is 21.5. The number of rotatable bonds is 18. The van der Waals surface area contributed by atoms with Gasteiger partial charge in [0.2, 0.25) is 5.95 Å². The summed E-state index contributed by atoms with van der Waals surface area (Å²) in [6.07, 6.45) is 11.5. The molecule has 0 radical (unpaired) electrons. The summed E-state index contributed by atoms with van der Waals surface area (Å²) in [4.78, 5) is 34.3. The summed E-state index contributed by atoms with van der Waals surface area (Å²) in [7, 11) is 1.83. The molecule has 2 saturated heterocycles. The van der Waals surface area contributed by atoms with Gasteiger partial charge in [-0.2, -0.15) is 0 Å². The van der Waals surface area contributed by atoms with E-state index in [2.05, 4.69) is 61.7 Å². The molecule has 11 nitrogen and oxygen atoms in total. The van der Waals surface area contributed by atoms with Gasteiger partial charge >= 0.3 is 0 Å². The van der Waals surface area contributed by atoms with E-state index in [9.17, 15) is 4.79 Å². The van der Waals surface area contributed by atoms with E-state index in [-0.39, 0.29) is 24.0 Å². The fourth-order valence-corrected chi connectivity index (χ4v) is 9.11. The Morgan fingerprint density at radius 1 is 0.952 bits per heavy atom. The lowest BCUT2D eigenvalue weighted by atomic mass is 9.90. The number of aromatic nitrogens is 3. The Labute approximate surface area is 367 Å². The number of anilines is 4. The third-order valence-corrected chi connectivity index (χ3v) is 13.2. The summed E-state index contributed by atoms with van der Waals surface area (Å²) in [6.45, 7) is 22.0. The van der Waals surface area contributed by atoms with E-state index >= 15 is 13.2 Å². The third-order valence-electron chi connectivity index (χ3n) is 12.3. The van der Waals surface area contributed by atoms with Gasteiger partial charge in [0.25, 0.3) is 0 Å². The predicted octanol–water partition coefficient (Wildman–Crippen LogP) is 9.35. The summed E-state index contributed by atoms with van der Waals surface area (Å²) in [5.74, 6) is -1.86. The number of piperazine rings is 1. The molecule has 2 aromatic carbocycles. The maximum absolute atomic E-state index is 15.6. The third kappa shape index (κ3) is 9.89. The molecule has 15 heteroatoms. The molecule has 0 bridgehead atoms. The van der Waals surface area contributed by atoms with Crippen LogP contribution in [0.5, 0.6) is 0 Å². The molecule has 0 aliphatic carbocycles. The van der Waals surface area contributed by atoms with Gasteiger partial charge < -0.3 is 30.1 Å². The first-order chi connectivity index (χ1) is 30.0. The maximum atomic E-state index is 15.6. The maximum Gasteiger partial charge on any atom is 0.225 e. The standard InChI is InChI=1S/C47H57F3N10OS/c1-7-10-36(31(5)51-8-2)33-11-14-42(40(49)25-33)59-17-15-32(16-18-59)23-30(4)58-19-21-60(22-20-58)47-54-27-35(28-55-47)34-24-37-38(29-53-46(37)52-26-34)45(61)43-39(48)12-13-41(44(43)50)56-62-57(6)9-3/h8,11-14,24-28,32,36,38,51,56H,2,4-5,7,9-10,15-23,29H2,1,3,6H3,(H,52,53). The minimum atomic E-state index is -0.923. The van der Waals surface area contributed by atoms with Gasteiger partial charge in [-0.1, -0.05) is 46.1 Å². The largest absolute Gasteiger partial charge is 0.372 e. The molecular formula is C47H57F3N10OS. The van der Waals surface area contributed by atoms with Gasteiger partial charge in [0.15, 0.2) is 11.6 Å². The number of hydrogen-bond donors (Lipinski definition) is 3. The molecule has 5 heterocycles. The van der Waals surface area contributed by atoms with Crippen LogP contribution >= 0.6 is 12.1 Å². The van der Waals surface area contributed by atoms with E-state index in [1.807, 2.05) is 36.5 Å². The molecule has 2 aromatic heterocycles. The summed E-state index contributed by atoms with van der Waals surface area (Å²) >= 11 is 1.16. The molecule has 0 spiro atoms. The van der Waals surface area contributed by atoms with Crippen LogP contribution in [0.3, 0.4) is 0 Å². The lowest BCUT2D eigenvalue weighted by Crippen LogP contribution is -2.46.